The van der Waals surface area contributed by atoms with E-state index in [2.05, 4.69) is 5.32 Å². The fourth-order valence-electron chi connectivity index (χ4n) is 2.08. The third-order valence-electron chi connectivity index (χ3n) is 3.03. The van der Waals surface area contributed by atoms with E-state index < -0.39 is 0 Å². The normalized spacial score (nSPS) is 23.7. The Labute approximate surface area is 110 Å². The largest absolute Gasteiger partial charge is 0.328 e. The fraction of sp³-hybridized carbons (Fsp3) is 0.417. The molecule has 17 heavy (non-hydrogen) atoms. The minimum Gasteiger partial charge on any atom is -0.328 e. The highest BCUT2D eigenvalue weighted by Gasteiger charge is 2.27. The van der Waals surface area contributed by atoms with E-state index >= 15 is 0 Å². The third kappa shape index (κ3) is 3.12. The Kier molecular flexibility index (Phi) is 3.92. The maximum Gasteiger partial charge on any atom is 0.227 e. The molecule has 5 heteroatoms. The monoisotopic (exact) mass is 272 g/mol. The predicted octanol–water partition coefficient (Wildman–Crippen LogP) is 3.06. The van der Waals surface area contributed by atoms with Crippen LogP contribution in [-0.4, -0.2) is 11.9 Å². The number of carbonyl (C=O) groups is 1. The Morgan fingerprint density at radius 2 is 2.12 bits per heavy atom. The van der Waals surface area contributed by atoms with Crippen molar-refractivity contribution >= 4 is 34.8 Å². The molecule has 3 N–H and O–H groups in total. The van der Waals surface area contributed by atoms with Crippen molar-refractivity contribution < 1.29 is 4.79 Å². The second-order valence-corrected chi connectivity index (χ2v) is 5.23. The summed E-state index contributed by atoms with van der Waals surface area (Å²) in [5, 5.41) is 3.82. The van der Waals surface area contributed by atoms with E-state index in [0.717, 1.165) is 19.3 Å². The van der Waals surface area contributed by atoms with Crippen molar-refractivity contribution in [2.45, 2.75) is 25.3 Å². The molecule has 1 aromatic carbocycles. The third-order valence-corrected chi connectivity index (χ3v) is 3.58. The van der Waals surface area contributed by atoms with Gasteiger partial charge in [-0.15, -0.1) is 0 Å². The summed E-state index contributed by atoms with van der Waals surface area (Å²) in [4.78, 5) is 11.9. The first-order valence-electron chi connectivity index (χ1n) is 5.58. The van der Waals surface area contributed by atoms with Gasteiger partial charge in [-0.3, -0.25) is 4.79 Å². The highest BCUT2D eigenvalue weighted by Crippen LogP contribution is 2.29. The van der Waals surface area contributed by atoms with Crippen LogP contribution in [0.3, 0.4) is 0 Å². The van der Waals surface area contributed by atoms with E-state index in [9.17, 15) is 4.79 Å². The van der Waals surface area contributed by atoms with Crippen LogP contribution in [0.2, 0.25) is 10.0 Å². The Hall–Kier alpha value is -0.770. The Balaban J connectivity index is 2.03. The summed E-state index contributed by atoms with van der Waals surface area (Å²) in [5.41, 5.74) is 6.38. The molecule has 1 fully saturated rings. The van der Waals surface area contributed by atoms with E-state index in [1.807, 2.05) is 0 Å². The quantitative estimate of drug-likeness (QED) is 0.870. The zero-order valence-electron chi connectivity index (χ0n) is 9.25. The maximum atomic E-state index is 11.9. The molecule has 0 bridgehead atoms. The van der Waals surface area contributed by atoms with Crippen molar-refractivity contribution in [3.05, 3.63) is 28.2 Å². The molecule has 0 spiro atoms. The van der Waals surface area contributed by atoms with E-state index in [-0.39, 0.29) is 17.9 Å². The van der Waals surface area contributed by atoms with Crippen molar-refractivity contribution in [2.75, 3.05) is 5.32 Å². The summed E-state index contributed by atoms with van der Waals surface area (Å²) in [5.74, 6) is -0.0149. The number of carbonyl (C=O) groups excluding carboxylic acids is 1. The lowest BCUT2D eigenvalue weighted by Gasteiger charge is -2.12. The van der Waals surface area contributed by atoms with Gasteiger partial charge in [0.1, 0.15) is 0 Å². The molecular weight excluding hydrogens is 259 g/mol. The fourth-order valence-corrected chi connectivity index (χ4v) is 2.54. The molecule has 1 saturated carbocycles. The number of hydrogen-bond acceptors (Lipinski definition) is 2. The van der Waals surface area contributed by atoms with Gasteiger partial charge in [0.15, 0.2) is 0 Å². The molecule has 0 aliphatic heterocycles. The molecule has 2 atom stereocenters. The molecule has 92 valence electrons. The lowest BCUT2D eigenvalue weighted by atomic mass is 10.1. The standard InChI is InChI=1S/C12H14Cl2N2O/c13-8-2-4-11(10(14)6-8)16-12(17)7-1-3-9(15)5-7/h2,4,6-7,9H,1,3,5,15H2,(H,16,17). The molecule has 1 aromatic rings. The van der Waals surface area contributed by atoms with Gasteiger partial charge >= 0.3 is 0 Å². The number of hydrogen-bond donors (Lipinski definition) is 2. The van der Waals surface area contributed by atoms with Gasteiger partial charge in [0.05, 0.1) is 10.7 Å². The second-order valence-electron chi connectivity index (χ2n) is 4.38. The molecule has 0 radical (unpaired) electrons. The number of nitrogens with two attached hydrogens (primary N) is 1. The SMILES string of the molecule is NC1CCC(C(=O)Nc2ccc(Cl)cc2Cl)C1. The summed E-state index contributed by atoms with van der Waals surface area (Å²) in [6.07, 6.45) is 2.50. The average molecular weight is 273 g/mol. The van der Waals surface area contributed by atoms with Crippen LogP contribution in [-0.2, 0) is 4.79 Å². The highest BCUT2D eigenvalue weighted by molar-refractivity contribution is 6.36. The minimum atomic E-state index is -0.0119. The summed E-state index contributed by atoms with van der Waals surface area (Å²) in [6.45, 7) is 0. The lowest BCUT2D eigenvalue weighted by molar-refractivity contribution is -0.119. The van der Waals surface area contributed by atoms with Gasteiger partial charge in [0.2, 0.25) is 5.91 Å². The van der Waals surface area contributed by atoms with Crippen molar-refractivity contribution in [1.82, 2.24) is 0 Å². The molecule has 0 heterocycles. The molecule has 3 nitrogen and oxygen atoms in total. The molecule has 2 unspecified atom stereocenters. The number of anilines is 1. The van der Waals surface area contributed by atoms with Crippen molar-refractivity contribution in [3.63, 3.8) is 0 Å². The molecule has 2 rings (SSSR count). The van der Waals surface area contributed by atoms with Crippen LogP contribution in [0.25, 0.3) is 0 Å². The van der Waals surface area contributed by atoms with Crippen LogP contribution in [0, 0.1) is 5.92 Å². The van der Waals surface area contributed by atoms with Crippen molar-refractivity contribution in [1.29, 1.82) is 0 Å². The van der Waals surface area contributed by atoms with Crippen molar-refractivity contribution in [2.24, 2.45) is 11.7 Å². The van der Waals surface area contributed by atoms with E-state index in [1.54, 1.807) is 18.2 Å². The number of halogens is 2. The van der Waals surface area contributed by atoms with Crippen LogP contribution in [0.1, 0.15) is 19.3 Å². The molecule has 1 aliphatic carbocycles. The van der Waals surface area contributed by atoms with Gasteiger partial charge in [0.25, 0.3) is 0 Å². The molecule has 1 aliphatic rings. The molecule has 0 aromatic heterocycles. The summed E-state index contributed by atoms with van der Waals surface area (Å²) in [6, 6.07) is 5.16. The molecule has 1 amide bonds. The second kappa shape index (κ2) is 5.25. The zero-order valence-corrected chi connectivity index (χ0v) is 10.8. The first-order chi connectivity index (χ1) is 8.06. The predicted molar refractivity (Wildman–Crippen MR) is 70.4 cm³/mol. The minimum absolute atomic E-state index is 0.00301. The Morgan fingerprint density at radius 3 is 2.71 bits per heavy atom. The number of benzene rings is 1. The molecular formula is C12H14Cl2N2O. The average Bonchev–Trinajstić information content (AvgIpc) is 2.69. The smallest absolute Gasteiger partial charge is 0.227 e. The van der Waals surface area contributed by atoms with E-state index in [0.29, 0.717) is 15.7 Å². The van der Waals surface area contributed by atoms with Gasteiger partial charge in [-0.25, -0.2) is 0 Å². The van der Waals surface area contributed by atoms with E-state index in [1.165, 1.54) is 0 Å². The van der Waals surface area contributed by atoms with Gasteiger partial charge < -0.3 is 11.1 Å². The molecule has 0 saturated heterocycles. The number of amides is 1. The van der Waals surface area contributed by atoms with Crippen LogP contribution in [0.5, 0.6) is 0 Å². The van der Waals surface area contributed by atoms with Gasteiger partial charge in [0, 0.05) is 17.0 Å². The van der Waals surface area contributed by atoms with Crippen LogP contribution >= 0.6 is 23.2 Å². The van der Waals surface area contributed by atoms with Crippen molar-refractivity contribution in [3.8, 4) is 0 Å². The summed E-state index contributed by atoms with van der Waals surface area (Å²) >= 11 is 11.8. The van der Waals surface area contributed by atoms with Crippen LogP contribution < -0.4 is 11.1 Å². The highest BCUT2D eigenvalue weighted by atomic mass is 35.5. The number of rotatable bonds is 2. The maximum absolute atomic E-state index is 11.9. The van der Waals surface area contributed by atoms with Crippen LogP contribution in [0.4, 0.5) is 5.69 Å². The Bertz CT molecular complexity index is 437. The number of nitrogens with one attached hydrogen (secondary N) is 1. The zero-order chi connectivity index (χ0) is 12.4. The first-order valence-corrected chi connectivity index (χ1v) is 6.33. The van der Waals surface area contributed by atoms with Crippen LogP contribution in [0.15, 0.2) is 18.2 Å². The summed E-state index contributed by atoms with van der Waals surface area (Å²) in [7, 11) is 0. The van der Waals surface area contributed by atoms with Gasteiger partial charge in [-0.1, -0.05) is 23.2 Å². The van der Waals surface area contributed by atoms with Gasteiger partial charge in [-0.2, -0.15) is 0 Å². The summed E-state index contributed by atoms with van der Waals surface area (Å²) < 4.78 is 0. The van der Waals surface area contributed by atoms with Gasteiger partial charge in [-0.05, 0) is 37.5 Å². The first kappa shape index (κ1) is 12.7. The Morgan fingerprint density at radius 1 is 1.35 bits per heavy atom. The van der Waals surface area contributed by atoms with E-state index in [4.69, 9.17) is 28.9 Å². The lowest BCUT2D eigenvalue weighted by Crippen LogP contribution is -2.23. The topological polar surface area (TPSA) is 55.1 Å².